The first kappa shape index (κ1) is 24.8. The number of aryl methyl sites for hydroxylation is 1. The molecule has 0 unspecified atom stereocenters. The number of nitrogens with zero attached hydrogens (tertiary/aromatic N) is 1. The number of fused-ring (bicyclic) bond motifs is 1. The minimum absolute atomic E-state index is 0.109. The summed E-state index contributed by atoms with van der Waals surface area (Å²) in [6.07, 6.45) is 4.21. The number of ether oxygens (including phenoxy) is 1. The van der Waals surface area contributed by atoms with E-state index in [1.54, 1.807) is 6.07 Å². The number of nitrogen functional groups attached to an aromatic ring is 1. The van der Waals surface area contributed by atoms with Gasteiger partial charge in [-0.3, -0.25) is 9.29 Å². The van der Waals surface area contributed by atoms with Crippen molar-refractivity contribution in [2.45, 2.75) is 38.2 Å². The molecule has 3 nitrogen and oxygen atoms in total. The summed E-state index contributed by atoms with van der Waals surface area (Å²) in [5.41, 5.74) is 13.0. The average molecular weight is 509 g/mol. The Morgan fingerprint density at radius 3 is 2.67 bits per heavy atom. The molecule has 0 radical (unpaired) electrons. The number of halogens is 3. The second kappa shape index (κ2) is 11.0. The van der Waals surface area contributed by atoms with Gasteiger partial charge < -0.3 is 10.5 Å². The molecule has 0 bridgehead atoms. The normalized spacial score (nSPS) is 18.2. The fraction of sp³-hybridized carbons (Fsp3) is 0.333. The van der Waals surface area contributed by atoms with Gasteiger partial charge in [0.15, 0.2) is 0 Å². The molecule has 2 aliphatic rings. The van der Waals surface area contributed by atoms with Gasteiger partial charge in [0.2, 0.25) is 0 Å². The summed E-state index contributed by atoms with van der Waals surface area (Å²) in [5.74, 6) is 0.400. The summed E-state index contributed by atoms with van der Waals surface area (Å²) < 4.78 is 33.2. The molecule has 0 saturated carbocycles. The number of alkyl halides is 1. The van der Waals surface area contributed by atoms with Crippen molar-refractivity contribution in [3.63, 3.8) is 0 Å². The van der Waals surface area contributed by atoms with E-state index in [2.05, 4.69) is 23.1 Å². The first-order valence-corrected chi connectivity index (χ1v) is 13.0. The van der Waals surface area contributed by atoms with Gasteiger partial charge in [0.25, 0.3) is 0 Å². The Morgan fingerprint density at radius 2 is 1.86 bits per heavy atom. The number of anilines is 1. The van der Waals surface area contributed by atoms with Gasteiger partial charge in [-0.05, 0) is 95.8 Å². The quantitative estimate of drug-likeness (QED) is 0.344. The smallest absolute Gasteiger partial charge is 0.142 e. The maximum absolute atomic E-state index is 14.4. The number of likely N-dealkylation sites (tertiary alicyclic amines) is 1. The van der Waals surface area contributed by atoms with Crippen LogP contribution in [0.15, 0.2) is 60.7 Å². The molecule has 5 rings (SSSR count). The van der Waals surface area contributed by atoms with E-state index in [4.69, 9.17) is 22.1 Å². The van der Waals surface area contributed by atoms with Gasteiger partial charge in [0.05, 0.1) is 11.7 Å². The van der Waals surface area contributed by atoms with Crippen molar-refractivity contribution in [2.75, 3.05) is 32.0 Å². The zero-order valence-electron chi connectivity index (χ0n) is 20.3. The fourth-order valence-corrected chi connectivity index (χ4v) is 5.66. The summed E-state index contributed by atoms with van der Waals surface area (Å²) in [6.45, 7) is 2.26. The molecule has 1 atom stereocenters. The van der Waals surface area contributed by atoms with Crippen LogP contribution in [0.2, 0.25) is 5.02 Å². The zero-order chi connectivity index (χ0) is 25.1. The van der Waals surface area contributed by atoms with E-state index in [1.807, 2.05) is 30.3 Å². The monoisotopic (exact) mass is 508 g/mol. The fourth-order valence-electron chi connectivity index (χ4n) is 5.42. The van der Waals surface area contributed by atoms with E-state index in [0.717, 1.165) is 84.6 Å². The van der Waals surface area contributed by atoms with Gasteiger partial charge in [0.1, 0.15) is 17.7 Å². The summed E-state index contributed by atoms with van der Waals surface area (Å²) in [5, 5.41) is 0.155. The molecule has 3 aromatic carbocycles. The molecule has 1 fully saturated rings. The van der Waals surface area contributed by atoms with Crippen molar-refractivity contribution in [3.8, 4) is 5.75 Å². The molecule has 6 heteroatoms. The number of benzene rings is 3. The standard InChI is InChI=1S/C30H31ClF2N2O/c31-30-27(6-2-7-28(30)33)26-5-1-4-21-18-22(34)10-13-25(21)29(26)20-8-11-23(12-9-20)36-24-14-17-35(19-24)16-3-15-32/h2,6-13,18,24H,1,3-5,14-17,19,34H2/t24-/m0/s1. The molecule has 0 spiro atoms. The van der Waals surface area contributed by atoms with Crippen LogP contribution in [0.5, 0.6) is 5.75 Å². The topological polar surface area (TPSA) is 38.5 Å². The van der Waals surface area contributed by atoms with Crippen molar-refractivity contribution in [1.82, 2.24) is 4.90 Å². The molecule has 36 heavy (non-hydrogen) atoms. The van der Waals surface area contributed by atoms with Gasteiger partial charge >= 0.3 is 0 Å². The van der Waals surface area contributed by atoms with Crippen molar-refractivity contribution in [3.05, 3.63) is 93.8 Å². The molecule has 3 aromatic rings. The van der Waals surface area contributed by atoms with Crippen molar-refractivity contribution < 1.29 is 13.5 Å². The second-order valence-corrected chi connectivity index (χ2v) is 10.00. The van der Waals surface area contributed by atoms with Crippen molar-refractivity contribution in [2.24, 2.45) is 0 Å². The Bertz CT molecular complexity index is 1260. The van der Waals surface area contributed by atoms with Crippen LogP contribution in [-0.4, -0.2) is 37.3 Å². The Morgan fingerprint density at radius 1 is 1.03 bits per heavy atom. The van der Waals surface area contributed by atoms with Gasteiger partial charge in [-0.25, -0.2) is 4.39 Å². The van der Waals surface area contributed by atoms with Crippen LogP contribution in [0.25, 0.3) is 11.1 Å². The highest BCUT2D eigenvalue weighted by Gasteiger charge is 2.25. The lowest BCUT2D eigenvalue weighted by Crippen LogP contribution is -2.26. The molecule has 1 heterocycles. The lowest BCUT2D eigenvalue weighted by atomic mass is 9.87. The van der Waals surface area contributed by atoms with E-state index < -0.39 is 5.82 Å². The first-order chi connectivity index (χ1) is 17.5. The minimum Gasteiger partial charge on any atom is -0.489 e. The average Bonchev–Trinajstić information content (AvgIpc) is 3.24. The first-order valence-electron chi connectivity index (χ1n) is 12.6. The molecule has 188 valence electrons. The maximum Gasteiger partial charge on any atom is 0.142 e. The van der Waals surface area contributed by atoms with Crippen LogP contribution in [-0.2, 0) is 6.42 Å². The summed E-state index contributed by atoms with van der Waals surface area (Å²) in [6, 6.07) is 19.2. The third-order valence-corrected chi connectivity index (χ3v) is 7.52. The SMILES string of the molecule is Nc1ccc2c(c1)CCCC(c1cccc(F)c1Cl)=C2c1ccc(O[C@H]2CCN(CCCF)C2)cc1. The predicted molar refractivity (Wildman–Crippen MR) is 144 cm³/mol. The van der Waals surface area contributed by atoms with Crippen molar-refractivity contribution >= 4 is 28.4 Å². The molecule has 0 amide bonds. The van der Waals surface area contributed by atoms with Crippen LogP contribution in [0.3, 0.4) is 0 Å². The predicted octanol–water partition coefficient (Wildman–Crippen LogP) is 7.17. The lowest BCUT2D eigenvalue weighted by Gasteiger charge is -2.19. The highest BCUT2D eigenvalue weighted by Crippen LogP contribution is 2.42. The van der Waals surface area contributed by atoms with Crippen LogP contribution in [0.1, 0.15) is 47.9 Å². The van der Waals surface area contributed by atoms with E-state index >= 15 is 0 Å². The Hall–Kier alpha value is -2.89. The van der Waals surface area contributed by atoms with Gasteiger partial charge in [0, 0.05) is 25.3 Å². The largest absolute Gasteiger partial charge is 0.489 e. The minimum atomic E-state index is -0.413. The van der Waals surface area contributed by atoms with Crippen LogP contribution in [0, 0.1) is 5.82 Å². The molecular formula is C30H31ClF2N2O. The molecule has 1 aliphatic heterocycles. The van der Waals surface area contributed by atoms with Gasteiger partial charge in [-0.1, -0.05) is 41.9 Å². The van der Waals surface area contributed by atoms with Gasteiger partial charge in [-0.15, -0.1) is 0 Å². The van der Waals surface area contributed by atoms with Crippen LogP contribution < -0.4 is 10.5 Å². The third-order valence-electron chi connectivity index (χ3n) is 7.13. The Labute approximate surface area is 216 Å². The summed E-state index contributed by atoms with van der Waals surface area (Å²) >= 11 is 6.47. The number of allylic oxidation sites excluding steroid dienone is 1. The van der Waals surface area contributed by atoms with Gasteiger partial charge in [-0.2, -0.15) is 0 Å². The Balaban J connectivity index is 1.50. The Kier molecular flexibility index (Phi) is 7.59. The molecule has 1 saturated heterocycles. The third kappa shape index (κ3) is 5.28. The number of nitrogens with two attached hydrogens (primary N) is 1. The van der Waals surface area contributed by atoms with E-state index in [-0.39, 0.29) is 17.8 Å². The maximum atomic E-state index is 14.4. The van der Waals surface area contributed by atoms with E-state index in [9.17, 15) is 8.78 Å². The highest BCUT2D eigenvalue weighted by molar-refractivity contribution is 6.33. The van der Waals surface area contributed by atoms with Crippen LogP contribution in [0.4, 0.5) is 14.5 Å². The summed E-state index contributed by atoms with van der Waals surface area (Å²) in [7, 11) is 0. The number of rotatable bonds is 7. The van der Waals surface area contributed by atoms with E-state index in [1.165, 1.54) is 11.6 Å². The number of hydrogen-bond donors (Lipinski definition) is 1. The molecular weight excluding hydrogens is 478 g/mol. The zero-order valence-corrected chi connectivity index (χ0v) is 21.0. The highest BCUT2D eigenvalue weighted by atomic mass is 35.5. The molecule has 0 aromatic heterocycles. The summed E-state index contributed by atoms with van der Waals surface area (Å²) in [4.78, 5) is 2.26. The van der Waals surface area contributed by atoms with E-state index in [0.29, 0.717) is 6.42 Å². The molecule has 1 aliphatic carbocycles. The molecule has 2 N–H and O–H groups in total. The second-order valence-electron chi connectivity index (χ2n) is 9.62. The lowest BCUT2D eigenvalue weighted by molar-refractivity contribution is 0.198. The van der Waals surface area contributed by atoms with Crippen molar-refractivity contribution in [1.29, 1.82) is 0 Å². The van der Waals surface area contributed by atoms with Crippen LogP contribution >= 0.6 is 11.6 Å². The number of hydrogen-bond acceptors (Lipinski definition) is 3.